The van der Waals surface area contributed by atoms with Crippen molar-refractivity contribution in [2.24, 2.45) is 18.0 Å². The van der Waals surface area contributed by atoms with Crippen molar-refractivity contribution in [2.75, 3.05) is 0 Å². The SMILES string of the molecule is [2H]S(N=S)(=N[3H])=N/N=N/S. The molecule has 0 aliphatic rings. The van der Waals surface area contributed by atoms with Crippen molar-refractivity contribution >= 4 is 35.8 Å². The molecule has 1 unspecified atom stereocenters. The van der Waals surface area contributed by atoms with Crippen molar-refractivity contribution in [3.63, 3.8) is 0 Å². The van der Waals surface area contributed by atoms with E-state index in [0.29, 0.717) is 0 Å². The van der Waals surface area contributed by atoms with E-state index >= 15 is 0 Å². The van der Waals surface area contributed by atoms with Crippen LogP contribution in [0, 0.1) is 4.77 Å². The zero-order valence-electron chi connectivity index (χ0n) is 5.50. The fourth-order valence-corrected chi connectivity index (χ4v) is 0.379. The normalized spacial score (nSPS) is 20.6. The van der Waals surface area contributed by atoms with Gasteiger partial charge in [0.1, 0.15) is 0 Å². The number of hydrogen-bond acceptors (Lipinski definition) is 3. The molecule has 0 spiro atoms. The molecule has 0 aromatic heterocycles. The van der Waals surface area contributed by atoms with Crippen LogP contribution < -0.4 is 0 Å². The molecule has 0 aliphatic carbocycles. The molecule has 0 radical (unpaired) electrons. The summed E-state index contributed by atoms with van der Waals surface area (Å²) in [6.07, 6.45) is 0. The highest BCUT2D eigenvalue weighted by atomic mass is 32.2. The summed E-state index contributed by atoms with van der Waals surface area (Å²) in [4.78, 5) is 0. The average molecular weight is 172 g/mol. The molecular formula is H3N5S3. The minimum absolute atomic E-state index is 2.75. The van der Waals surface area contributed by atoms with Crippen LogP contribution in [0.15, 0.2) is 18.0 Å². The van der Waals surface area contributed by atoms with Crippen molar-refractivity contribution in [3.05, 3.63) is 0 Å². The summed E-state index contributed by atoms with van der Waals surface area (Å²) in [7, 11) is -2.88. The molecule has 0 aromatic carbocycles. The van der Waals surface area contributed by atoms with Gasteiger partial charge >= 0.3 is 0 Å². The van der Waals surface area contributed by atoms with E-state index in [1.807, 2.05) is 0 Å². The topological polar surface area (TPSA) is 73.3 Å². The van der Waals surface area contributed by atoms with E-state index in [1.54, 1.807) is 0 Å². The van der Waals surface area contributed by atoms with Gasteiger partial charge in [-0.15, -0.1) is 3.77 Å². The number of nitrogens with one attached hydrogen (secondary N) is 1. The first kappa shape index (κ1) is 4.77. The van der Waals surface area contributed by atoms with Crippen molar-refractivity contribution in [1.82, 2.24) is 0 Å². The Morgan fingerprint density at radius 3 is 3.25 bits per heavy atom. The van der Waals surface area contributed by atoms with E-state index in [1.165, 1.54) is 0 Å². The van der Waals surface area contributed by atoms with Crippen LogP contribution >= 0.6 is 12.8 Å². The number of nitrogens with zero attached hydrogens (tertiary/aromatic N) is 4. The van der Waals surface area contributed by atoms with Gasteiger partial charge in [0.25, 0.3) is 0 Å². The van der Waals surface area contributed by atoms with Crippen LogP contribution in [0.4, 0.5) is 0 Å². The Morgan fingerprint density at radius 2 is 2.88 bits per heavy atom. The fourth-order valence-electron chi connectivity index (χ4n) is 0.0639. The number of hydrogen-bond donors (Lipinski definition) is 3. The maximum atomic E-state index is 7.03. The first-order chi connectivity index (χ1) is 4.68. The van der Waals surface area contributed by atoms with Crippen LogP contribution in [0.2, 0.25) is 1.41 Å². The molecule has 0 fully saturated rings. The summed E-state index contributed by atoms with van der Waals surface area (Å²) in [5, 5.41) is 2.98. The van der Waals surface area contributed by atoms with Crippen LogP contribution in [0.25, 0.3) is 0 Å². The summed E-state index contributed by atoms with van der Waals surface area (Å²) in [6, 6.07) is 0. The average Bonchev–Trinajstić information content (AvgIpc) is 2.00. The van der Waals surface area contributed by atoms with Gasteiger partial charge in [0.05, 0.1) is 23.0 Å². The highest BCUT2D eigenvalue weighted by molar-refractivity contribution is 7.79. The quantitative estimate of drug-likeness (QED) is 0.326. The molecule has 0 bridgehead atoms. The van der Waals surface area contributed by atoms with Crippen LogP contribution in [-0.4, -0.2) is 1.12 Å². The maximum absolute atomic E-state index is 7.03. The van der Waals surface area contributed by atoms with E-state index in [4.69, 9.17) is 2.54 Å². The van der Waals surface area contributed by atoms with Crippen molar-refractivity contribution < 1.29 is 1.41 Å². The molecule has 8 heteroatoms. The highest BCUT2D eigenvalue weighted by Gasteiger charge is 1.62. The van der Waals surface area contributed by atoms with Crippen molar-refractivity contribution in [1.29, 1.82) is 5.90 Å². The second-order valence-electron chi connectivity index (χ2n) is 0.580. The standard InChI is InChI=1S/H3N5S3/c1-8(5-7)4-2-3-6/h1,8H,(H,2,6)/i8D/hT. The van der Waals surface area contributed by atoms with Crippen LogP contribution in [0.3, 0.4) is 0 Å². The van der Waals surface area contributed by atoms with Gasteiger partial charge in [-0.2, -0.15) is 0 Å². The van der Waals surface area contributed by atoms with Gasteiger partial charge in [0.2, 0.25) is 0 Å². The van der Waals surface area contributed by atoms with E-state index in [9.17, 15) is 0 Å². The molecule has 5 nitrogen and oxygen atoms in total. The summed E-state index contributed by atoms with van der Waals surface area (Å²) < 4.78 is 25.2. The third-order valence-corrected chi connectivity index (χ3v) is 1.05. The van der Waals surface area contributed by atoms with Gasteiger partial charge in [0.15, 0.2) is 2.54 Å². The van der Waals surface area contributed by atoms with Gasteiger partial charge in [-0.1, -0.05) is 8.99 Å². The molecule has 0 heterocycles. The first-order valence-corrected chi connectivity index (χ1v) is 3.19. The minimum atomic E-state index is -2.88. The van der Waals surface area contributed by atoms with Gasteiger partial charge in [-0.05, 0) is 18.0 Å². The summed E-state index contributed by atoms with van der Waals surface area (Å²) in [6.45, 7) is 0. The van der Waals surface area contributed by atoms with Crippen LogP contribution in [-0.2, 0) is 23.0 Å². The molecule has 46 valence electrons. The van der Waals surface area contributed by atoms with Crippen molar-refractivity contribution in [3.8, 4) is 0 Å². The Bertz CT molecular complexity index is 246. The molecule has 0 aliphatic heterocycles. The summed E-state index contributed by atoms with van der Waals surface area (Å²) >= 11 is 7.47. The molecule has 1 atom stereocenters. The zero-order valence-corrected chi connectivity index (χ0v) is 6.03. The molecule has 8 heavy (non-hydrogen) atoms. The van der Waals surface area contributed by atoms with E-state index < -0.39 is 10.6 Å². The predicted molar refractivity (Wildman–Crippen MR) is 37.5 cm³/mol. The third-order valence-electron chi connectivity index (χ3n) is 0.216. The van der Waals surface area contributed by atoms with Gasteiger partial charge in [-0.25, -0.2) is 0 Å². The van der Waals surface area contributed by atoms with Gasteiger partial charge < -0.3 is 0 Å². The van der Waals surface area contributed by atoms with Crippen molar-refractivity contribution in [2.45, 2.75) is 0 Å². The second kappa shape index (κ2) is 5.06. The van der Waals surface area contributed by atoms with Crippen LogP contribution in [0.5, 0.6) is 0 Å². The monoisotopic (exact) mass is 172 g/mol. The second-order valence-corrected chi connectivity index (χ2v) is 2.01. The Labute approximate surface area is 61.6 Å². The smallest absolute Gasteiger partial charge is 0.198 e. The lowest BCUT2D eigenvalue weighted by molar-refractivity contribution is 1.14. The first-order valence-electron chi connectivity index (χ1n) is 2.19. The van der Waals surface area contributed by atoms with E-state index in [0.717, 1.165) is 0 Å². The number of thiol groups is 2. The third kappa shape index (κ3) is 4.09. The lowest BCUT2D eigenvalue weighted by Crippen LogP contribution is -1.54. The lowest BCUT2D eigenvalue weighted by Gasteiger charge is -1.70. The number of rotatable bonds is 2. The zero-order chi connectivity index (χ0) is 8.04. The van der Waals surface area contributed by atoms with Gasteiger partial charge in [0, 0.05) is 0 Å². The minimum Gasteiger partial charge on any atom is -0.251 e. The van der Waals surface area contributed by atoms with E-state index in [2.05, 4.69) is 48.0 Å². The predicted octanol–water partition coefficient (Wildman–Crippen LogP) is 1.14. The lowest BCUT2D eigenvalue weighted by atomic mass is 12.8. The maximum Gasteiger partial charge on any atom is 0.198 e. The summed E-state index contributed by atoms with van der Waals surface area (Å²) in [5.74, 6) is 0. The Kier molecular flexibility index (Phi) is 3.02. The highest BCUT2D eigenvalue weighted by Crippen LogP contribution is 1.82. The molecule has 0 rings (SSSR count). The molecular weight excluding hydrogens is 166 g/mol. The fraction of sp³-hybridized carbons (Fsp3) is 0. The molecule has 1 N–H and O–H groups in total. The van der Waals surface area contributed by atoms with Crippen LogP contribution in [0.1, 0.15) is 0 Å². The van der Waals surface area contributed by atoms with E-state index in [-0.39, 0.29) is 0 Å². The Hall–Kier alpha value is -0.0800. The largest absolute Gasteiger partial charge is 0.251 e. The molecule has 0 amide bonds. The summed E-state index contributed by atoms with van der Waals surface area (Å²) in [5.41, 5.74) is 0. The van der Waals surface area contributed by atoms with Gasteiger partial charge in [-0.3, -0.25) is 4.77 Å². The molecule has 0 saturated carbocycles. The Balaban J connectivity index is 4.84. The molecule has 0 saturated heterocycles. The molecule has 0 aromatic rings. The Morgan fingerprint density at radius 1 is 2.12 bits per heavy atom.